The van der Waals surface area contributed by atoms with Crippen LogP contribution in [0, 0.1) is 0 Å². The maximum atomic E-state index is 12.6. The molecule has 4 rings (SSSR count). The molecule has 0 aliphatic carbocycles. The Balaban J connectivity index is 0.00000210. The number of epoxide rings is 1. The number of hydrogen-bond donors (Lipinski definition) is 1. The third-order valence-corrected chi connectivity index (χ3v) is 5.66. The predicted molar refractivity (Wildman–Crippen MR) is 83.7 cm³/mol. The Morgan fingerprint density at radius 3 is 2.54 bits per heavy atom. The van der Waals surface area contributed by atoms with Gasteiger partial charge in [0.05, 0.1) is 24.7 Å². The van der Waals surface area contributed by atoms with Gasteiger partial charge >= 0.3 is 5.97 Å². The number of morpholine rings is 1. The van der Waals surface area contributed by atoms with E-state index in [0.29, 0.717) is 18.4 Å². The largest absolute Gasteiger partial charge is 1.00 e. The number of benzene rings is 1. The molecular formula is C18H24INO4. The first-order valence-electron chi connectivity index (χ1n) is 9.65. The molecule has 6 heteroatoms. The first-order valence-corrected chi connectivity index (χ1v) is 8.15. The third kappa shape index (κ3) is 2.87. The molecule has 5 atom stereocenters. The van der Waals surface area contributed by atoms with Crippen molar-refractivity contribution in [3.05, 3.63) is 35.9 Å². The molecule has 3 saturated heterocycles. The number of fused-ring (bicyclic) bond motifs is 5. The van der Waals surface area contributed by atoms with Gasteiger partial charge in [-0.05, 0) is 5.56 Å². The van der Waals surface area contributed by atoms with Gasteiger partial charge in [0, 0.05) is 12.8 Å². The number of carbonyl (C=O) groups is 1. The van der Waals surface area contributed by atoms with Crippen LogP contribution >= 0.6 is 0 Å². The van der Waals surface area contributed by atoms with Crippen LogP contribution in [0.3, 0.4) is 0 Å². The van der Waals surface area contributed by atoms with Crippen LogP contribution in [0.5, 0.6) is 0 Å². The topological polar surface area (TPSA) is 59.1 Å². The standard InChI is InChI=1S/C18H24NO4.HI/c1-19(2)14-8-12(9-15(19)17-16(14)23-17)22-18(21)13(10-20)11-6-4-3-5-7-11;/h3-7,12-17,20H,8-10H2,1-2H3;1H/q+1;/p-1/t12?,13-,14?,15?,16?,17?;/m1./s1/i1D3;/t12?,13-,14?,15?,16?,17?,19?;. The highest BCUT2D eigenvalue weighted by Gasteiger charge is 2.70. The van der Waals surface area contributed by atoms with Gasteiger partial charge in [0.15, 0.2) is 0 Å². The lowest BCUT2D eigenvalue weighted by molar-refractivity contribution is -0.938. The van der Waals surface area contributed by atoms with Crippen LogP contribution in [0.25, 0.3) is 0 Å². The van der Waals surface area contributed by atoms with E-state index in [0.717, 1.165) is 0 Å². The minimum Gasteiger partial charge on any atom is -1.00 e. The minimum atomic E-state index is -2.11. The van der Waals surface area contributed by atoms with Gasteiger partial charge in [0.25, 0.3) is 0 Å². The number of aliphatic hydroxyl groups is 1. The number of carbonyl (C=O) groups excluding carboxylic acids is 1. The second kappa shape index (κ2) is 6.55. The molecule has 132 valence electrons. The first kappa shape index (κ1) is 14.5. The fraction of sp³-hybridized carbons (Fsp3) is 0.611. The summed E-state index contributed by atoms with van der Waals surface area (Å²) in [5, 5.41) is 9.64. The van der Waals surface area contributed by atoms with Crippen LogP contribution in [0.1, 0.15) is 28.4 Å². The molecule has 3 aliphatic heterocycles. The Morgan fingerprint density at radius 1 is 1.38 bits per heavy atom. The van der Waals surface area contributed by atoms with Crippen molar-refractivity contribution in [2.45, 2.75) is 49.2 Å². The number of halogens is 1. The van der Waals surface area contributed by atoms with Gasteiger partial charge in [-0.2, -0.15) is 0 Å². The first-order chi connectivity index (χ1) is 12.3. The van der Waals surface area contributed by atoms with E-state index in [1.165, 1.54) is 0 Å². The van der Waals surface area contributed by atoms with Crippen molar-refractivity contribution in [1.82, 2.24) is 0 Å². The Bertz CT molecular complexity index is 684. The number of rotatable bonds is 4. The zero-order valence-corrected chi connectivity index (χ0v) is 15.6. The molecule has 1 aromatic rings. The molecule has 0 amide bonds. The Hall–Kier alpha value is -0.700. The molecule has 2 bridgehead atoms. The number of nitrogens with zero attached hydrogens (tertiary/aromatic N) is 1. The van der Waals surface area contributed by atoms with Crippen LogP contribution in [0.15, 0.2) is 30.3 Å². The molecule has 0 radical (unpaired) electrons. The highest BCUT2D eigenvalue weighted by atomic mass is 127. The number of aliphatic hydroxyl groups excluding tert-OH is 1. The molecule has 0 saturated carbocycles. The lowest BCUT2D eigenvalue weighted by Crippen LogP contribution is -3.00. The SMILES string of the molecule is [2H]C([2H])([2H])[N+]1(C)C2CC(OC(=O)[C@H](CO)c3ccccc3)CC1C1OC12.[I-]. The number of ether oxygens (including phenoxy) is 2. The highest BCUT2D eigenvalue weighted by molar-refractivity contribution is 5.78. The maximum absolute atomic E-state index is 12.6. The molecule has 1 aromatic carbocycles. The van der Waals surface area contributed by atoms with E-state index in [1.807, 2.05) is 18.2 Å². The van der Waals surface area contributed by atoms with Crippen LogP contribution in [-0.2, 0) is 14.3 Å². The smallest absolute Gasteiger partial charge is 0.316 e. The van der Waals surface area contributed by atoms with Gasteiger partial charge in [0.1, 0.15) is 36.3 Å². The summed E-state index contributed by atoms with van der Waals surface area (Å²) in [5.41, 5.74) is 0.716. The fourth-order valence-electron chi connectivity index (χ4n) is 4.30. The molecule has 5 nitrogen and oxygen atoms in total. The Morgan fingerprint density at radius 2 is 2.00 bits per heavy atom. The second-order valence-corrected chi connectivity index (χ2v) is 7.02. The zero-order chi connectivity index (χ0) is 18.7. The predicted octanol–water partition coefficient (Wildman–Crippen LogP) is -1.93. The third-order valence-electron chi connectivity index (χ3n) is 5.66. The van der Waals surface area contributed by atoms with Crippen molar-refractivity contribution < 1.29 is 51.9 Å². The number of hydrogen-bond acceptors (Lipinski definition) is 4. The van der Waals surface area contributed by atoms with E-state index >= 15 is 0 Å². The van der Waals surface area contributed by atoms with E-state index in [9.17, 15) is 9.90 Å². The van der Waals surface area contributed by atoms with E-state index < -0.39 is 18.9 Å². The van der Waals surface area contributed by atoms with Crippen molar-refractivity contribution in [2.75, 3.05) is 20.6 Å². The molecule has 4 unspecified atom stereocenters. The summed E-state index contributed by atoms with van der Waals surface area (Å²) in [6, 6.07) is 8.69. The van der Waals surface area contributed by atoms with Crippen LogP contribution in [0.4, 0.5) is 0 Å². The molecular weight excluding hydrogens is 421 g/mol. The van der Waals surface area contributed by atoms with E-state index in [-0.39, 0.29) is 65.5 Å². The van der Waals surface area contributed by atoms with Crippen molar-refractivity contribution >= 4 is 5.97 Å². The number of piperidine rings is 1. The summed E-state index contributed by atoms with van der Waals surface area (Å²) in [7, 11) is 1.77. The summed E-state index contributed by atoms with van der Waals surface area (Å²) in [5.74, 6) is -1.17. The van der Waals surface area contributed by atoms with Crippen LogP contribution in [-0.4, -0.2) is 66.6 Å². The average Bonchev–Trinajstić information content (AvgIpc) is 3.34. The quantitative estimate of drug-likeness (QED) is 0.252. The van der Waals surface area contributed by atoms with Gasteiger partial charge in [0.2, 0.25) is 0 Å². The number of quaternary nitrogens is 1. The molecule has 1 N–H and O–H groups in total. The molecule has 24 heavy (non-hydrogen) atoms. The van der Waals surface area contributed by atoms with Crippen molar-refractivity contribution in [1.29, 1.82) is 0 Å². The molecule has 3 aliphatic rings. The van der Waals surface area contributed by atoms with E-state index in [4.69, 9.17) is 13.6 Å². The summed E-state index contributed by atoms with van der Waals surface area (Å²) < 4.78 is 35.2. The monoisotopic (exact) mass is 448 g/mol. The van der Waals surface area contributed by atoms with E-state index in [1.54, 1.807) is 19.2 Å². The summed E-state index contributed by atoms with van der Waals surface area (Å²) in [4.78, 5) is 12.6. The summed E-state index contributed by atoms with van der Waals surface area (Å²) in [6.45, 7) is -2.43. The fourth-order valence-corrected chi connectivity index (χ4v) is 4.30. The lowest BCUT2D eigenvalue weighted by atomic mass is 9.95. The van der Waals surface area contributed by atoms with Crippen molar-refractivity contribution in [3.8, 4) is 0 Å². The second-order valence-electron chi connectivity index (χ2n) is 7.02. The van der Waals surface area contributed by atoms with Gasteiger partial charge in [-0.25, -0.2) is 0 Å². The molecule has 0 spiro atoms. The zero-order valence-electron chi connectivity index (χ0n) is 16.5. The Kier molecular flexibility index (Phi) is 3.95. The molecule has 3 heterocycles. The van der Waals surface area contributed by atoms with Crippen LogP contribution in [0.2, 0.25) is 0 Å². The lowest BCUT2D eigenvalue weighted by Gasteiger charge is -2.45. The highest BCUT2D eigenvalue weighted by Crippen LogP contribution is 2.51. The van der Waals surface area contributed by atoms with Crippen LogP contribution < -0.4 is 24.0 Å². The van der Waals surface area contributed by atoms with Crippen molar-refractivity contribution in [3.63, 3.8) is 0 Å². The summed E-state index contributed by atoms with van der Waals surface area (Å²) in [6.07, 6.45) is 0.533. The normalized spacial score (nSPS) is 42.6. The Labute approximate surface area is 163 Å². The average molecular weight is 448 g/mol. The minimum absolute atomic E-state index is 0. The summed E-state index contributed by atoms with van der Waals surface area (Å²) >= 11 is 0. The van der Waals surface area contributed by atoms with Gasteiger partial charge < -0.3 is 43.0 Å². The van der Waals surface area contributed by atoms with Crippen molar-refractivity contribution in [2.24, 2.45) is 0 Å². The maximum Gasteiger partial charge on any atom is 0.316 e. The van der Waals surface area contributed by atoms with Gasteiger partial charge in [-0.1, -0.05) is 30.3 Å². The van der Waals surface area contributed by atoms with Gasteiger partial charge in [-0.3, -0.25) is 4.79 Å². The number of likely N-dealkylation sites (N-methyl/N-ethyl adjacent to an activating group) is 1. The van der Waals surface area contributed by atoms with E-state index in [2.05, 4.69) is 0 Å². The number of esters is 1. The van der Waals surface area contributed by atoms with Gasteiger partial charge in [-0.15, -0.1) is 0 Å². The molecule has 3 fully saturated rings. The molecule has 0 aromatic heterocycles.